The number of aromatic hydroxyl groups is 1. The van der Waals surface area contributed by atoms with Crippen LogP contribution in [0.5, 0.6) is 5.75 Å². The summed E-state index contributed by atoms with van der Waals surface area (Å²) < 4.78 is 0. The zero-order chi connectivity index (χ0) is 14.7. The highest BCUT2D eigenvalue weighted by Gasteiger charge is 2.49. The van der Waals surface area contributed by atoms with Crippen LogP contribution in [-0.2, 0) is 11.8 Å². The average molecular weight is 282 g/mol. The Morgan fingerprint density at radius 2 is 1.90 bits per heavy atom. The van der Waals surface area contributed by atoms with E-state index >= 15 is 0 Å². The normalized spacial score (nSPS) is 34.4. The Morgan fingerprint density at radius 1 is 1.05 bits per heavy atom. The molecular weight excluding hydrogens is 256 g/mol. The molecule has 21 heavy (non-hydrogen) atoms. The second kappa shape index (κ2) is 4.38. The van der Waals surface area contributed by atoms with Crippen LogP contribution in [0.3, 0.4) is 0 Å². The van der Waals surface area contributed by atoms with Crippen LogP contribution in [0.15, 0.2) is 29.3 Å². The molecule has 2 atom stereocenters. The number of hydrogen-bond donors (Lipinski definition) is 1. The molecule has 0 saturated heterocycles. The monoisotopic (exact) mass is 282 g/mol. The minimum atomic E-state index is 0.278. The van der Waals surface area contributed by atoms with Gasteiger partial charge in [0.25, 0.3) is 0 Å². The van der Waals surface area contributed by atoms with E-state index in [1.807, 2.05) is 17.7 Å². The molecule has 0 spiro atoms. The first-order valence-corrected chi connectivity index (χ1v) is 8.64. The average Bonchev–Trinajstić information content (AvgIpc) is 2.88. The minimum Gasteiger partial charge on any atom is -0.508 e. The van der Waals surface area contributed by atoms with Gasteiger partial charge in [-0.2, -0.15) is 0 Å². The number of rotatable bonds is 1. The number of phenolic OH excluding ortho intramolecular Hbond substituents is 1. The summed E-state index contributed by atoms with van der Waals surface area (Å²) in [7, 11) is 0. The van der Waals surface area contributed by atoms with Crippen LogP contribution >= 0.6 is 0 Å². The van der Waals surface area contributed by atoms with Crippen molar-refractivity contribution in [3.8, 4) is 5.75 Å². The third-order valence-electron chi connectivity index (χ3n) is 6.78. The van der Waals surface area contributed by atoms with Crippen LogP contribution in [0, 0.1) is 5.41 Å². The van der Waals surface area contributed by atoms with Gasteiger partial charge >= 0.3 is 0 Å². The second-order valence-electron chi connectivity index (χ2n) is 7.65. The fraction of sp³-hybridized carbons (Fsp3) is 0.600. The molecule has 0 radical (unpaired) electrons. The number of phenols is 1. The smallest absolute Gasteiger partial charge is 0.115 e. The number of fused-ring (bicyclic) bond motifs is 4. The molecule has 1 N–H and O–H groups in total. The van der Waals surface area contributed by atoms with Crippen LogP contribution in [0.4, 0.5) is 0 Å². The van der Waals surface area contributed by atoms with Crippen LogP contribution in [0.1, 0.15) is 69.9 Å². The molecule has 0 aromatic heterocycles. The lowest BCUT2D eigenvalue weighted by molar-refractivity contribution is 0.261. The van der Waals surface area contributed by atoms with Gasteiger partial charge in [0.1, 0.15) is 5.75 Å². The van der Waals surface area contributed by atoms with Gasteiger partial charge in [-0.3, -0.25) is 0 Å². The number of aryl methyl sites for hydroxylation is 1. The standard InChI is InChI=1S/C20H26O/c1-3-20-12-11-19(2)10-4-5-17(19)18(20)8-6-14-13-15(21)7-9-16(14)20/h7,9,13,21H,3-6,8,10-12H2,1-2H3. The van der Waals surface area contributed by atoms with Crippen LogP contribution in [0.25, 0.3) is 0 Å². The molecule has 2 unspecified atom stereocenters. The third kappa shape index (κ3) is 1.69. The van der Waals surface area contributed by atoms with E-state index in [0.29, 0.717) is 11.2 Å². The molecule has 0 bridgehead atoms. The maximum atomic E-state index is 9.82. The van der Waals surface area contributed by atoms with E-state index in [4.69, 9.17) is 0 Å². The Balaban J connectivity index is 1.94. The number of hydrogen-bond acceptors (Lipinski definition) is 1. The molecule has 1 heteroatoms. The van der Waals surface area contributed by atoms with Crippen molar-refractivity contribution in [1.29, 1.82) is 0 Å². The Bertz CT molecular complexity index is 627. The van der Waals surface area contributed by atoms with Crippen molar-refractivity contribution in [3.63, 3.8) is 0 Å². The van der Waals surface area contributed by atoms with Gasteiger partial charge in [-0.15, -0.1) is 0 Å². The second-order valence-corrected chi connectivity index (χ2v) is 7.65. The fourth-order valence-electron chi connectivity index (χ4n) is 5.61. The summed E-state index contributed by atoms with van der Waals surface area (Å²) in [5, 5.41) is 9.82. The van der Waals surface area contributed by atoms with Crippen molar-refractivity contribution in [2.24, 2.45) is 5.41 Å². The van der Waals surface area contributed by atoms with Gasteiger partial charge in [0.05, 0.1) is 0 Å². The van der Waals surface area contributed by atoms with Gasteiger partial charge in [-0.05, 0) is 80.0 Å². The van der Waals surface area contributed by atoms with E-state index in [2.05, 4.69) is 19.9 Å². The van der Waals surface area contributed by atoms with Crippen molar-refractivity contribution in [3.05, 3.63) is 40.5 Å². The van der Waals surface area contributed by atoms with E-state index in [9.17, 15) is 5.11 Å². The van der Waals surface area contributed by atoms with E-state index < -0.39 is 0 Å². The molecule has 0 aliphatic heterocycles. The Kier molecular flexibility index (Phi) is 2.80. The molecule has 1 aromatic rings. The molecule has 4 rings (SSSR count). The number of benzene rings is 1. The van der Waals surface area contributed by atoms with Gasteiger partial charge in [-0.25, -0.2) is 0 Å². The van der Waals surface area contributed by atoms with Crippen molar-refractivity contribution >= 4 is 0 Å². The molecule has 1 aromatic carbocycles. The predicted octanol–water partition coefficient (Wildman–Crippen LogP) is 5.27. The Labute approximate surface area is 128 Å². The fourth-order valence-corrected chi connectivity index (χ4v) is 5.61. The molecule has 1 fully saturated rings. The summed E-state index contributed by atoms with van der Waals surface area (Å²) in [6, 6.07) is 6.12. The maximum Gasteiger partial charge on any atom is 0.115 e. The molecule has 1 saturated carbocycles. The lowest BCUT2D eigenvalue weighted by Crippen LogP contribution is -2.40. The van der Waals surface area contributed by atoms with E-state index in [-0.39, 0.29) is 5.41 Å². The molecule has 0 amide bonds. The predicted molar refractivity (Wildman–Crippen MR) is 86.6 cm³/mol. The van der Waals surface area contributed by atoms with E-state index in [1.165, 1.54) is 56.1 Å². The van der Waals surface area contributed by atoms with Crippen LogP contribution < -0.4 is 0 Å². The molecule has 3 aliphatic rings. The molecule has 3 aliphatic carbocycles. The van der Waals surface area contributed by atoms with Crippen LogP contribution in [-0.4, -0.2) is 5.11 Å². The molecule has 0 heterocycles. The summed E-state index contributed by atoms with van der Waals surface area (Å²) in [6.45, 7) is 4.87. The topological polar surface area (TPSA) is 20.2 Å². The van der Waals surface area contributed by atoms with Crippen molar-refractivity contribution in [1.82, 2.24) is 0 Å². The van der Waals surface area contributed by atoms with Gasteiger partial charge < -0.3 is 5.11 Å². The SMILES string of the molecule is CCC12CCC3(C)CCCC3=C1CCc1cc(O)ccc12. The lowest BCUT2D eigenvalue weighted by atomic mass is 9.55. The minimum absolute atomic E-state index is 0.278. The zero-order valence-electron chi connectivity index (χ0n) is 13.3. The Morgan fingerprint density at radius 3 is 2.71 bits per heavy atom. The highest BCUT2D eigenvalue weighted by molar-refractivity contribution is 5.52. The summed E-state index contributed by atoms with van der Waals surface area (Å²) in [4.78, 5) is 0. The summed E-state index contributed by atoms with van der Waals surface area (Å²) >= 11 is 0. The number of allylic oxidation sites excluding steroid dienone is 2. The third-order valence-corrected chi connectivity index (χ3v) is 6.78. The highest BCUT2D eigenvalue weighted by atomic mass is 16.3. The first-order valence-electron chi connectivity index (χ1n) is 8.64. The van der Waals surface area contributed by atoms with Gasteiger partial charge in [-0.1, -0.05) is 31.1 Å². The Hall–Kier alpha value is -1.24. The van der Waals surface area contributed by atoms with E-state index in [0.717, 1.165) is 6.42 Å². The zero-order valence-corrected chi connectivity index (χ0v) is 13.3. The van der Waals surface area contributed by atoms with E-state index in [1.54, 1.807) is 5.57 Å². The first-order chi connectivity index (χ1) is 10.1. The summed E-state index contributed by atoms with van der Waals surface area (Å²) in [6.07, 6.45) is 10.3. The molecule has 112 valence electrons. The summed E-state index contributed by atoms with van der Waals surface area (Å²) in [5.41, 5.74) is 7.29. The first kappa shape index (κ1) is 13.4. The summed E-state index contributed by atoms with van der Waals surface area (Å²) in [5.74, 6) is 0.428. The van der Waals surface area contributed by atoms with Gasteiger partial charge in [0.2, 0.25) is 0 Å². The molecular formula is C20H26O. The molecule has 1 nitrogen and oxygen atoms in total. The largest absolute Gasteiger partial charge is 0.508 e. The van der Waals surface area contributed by atoms with Gasteiger partial charge in [0.15, 0.2) is 0 Å². The quantitative estimate of drug-likeness (QED) is 0.696. The maximum absolute atomic E-state index is 9.82. The lowest BCUT2D eigenvalue weighted by Gasteiger charge is -2.49. The van der Waals surface area contributed by atoms with Crippen molar-refractivity contribution in [2.75, 3.05) is 0 Å². The van der Waals surface area contributed by atoms with Crippen LogP contribution in [0.2, 0.25) is 0 Å². The van der Waals surface area contributed by atoms with Crippen molar-refractivity contribution < 1.29 is 5.11 Å². The van der Waals surface area contributed by atoms with Crippen molar-refractivity contribution in [2.45, 2.75) is 70.6 Å². The highest BCUT2D eigenvalue weighted by Crippen LogP contribution is 2.60. The van der Waals surface area contributed by atoms with Gasteiger partial charge in [0, 0.05) is 5.41 Å².